The van der Waals surface area contributed by atoms with Gasteiger partial charge in [0.15, 0.2) is 0 Å². The molecule has 3 rings (SSSR count). The molecule has 136 valence electrons. The van der Waals surface area contributed by atoms with Crippen molar-refractivity contribution < 1.29 is 14.3 Å². The normalized spacial score (nSPS) is 21.8. The van der Waals surface area contributed by atoms with Gasteiger partial charge in [0.1, 0.15) is 6.33 Å². The molecule has 2 saturated heterocycles. The molecule has 2 aliphatic rings. The molecule has 2 amide bonds. The lowest BCUT2D eigenvalue weighted by molar-refractivity contribution is -0.138. The molecule has 1 aromatic heterocycles. The molecular weight excluding hydrogens is 320 g/mol. The number of hydrogen-bond acceptors (Lipinski definition) is 5. The van der Waals surface area contributed by atoms with Gasteiger partial charge >= 0.3 is 0 Å². The van der Waals surface area contributed by atoms with Crippen LogP contribution in [0.4, 0.5) is 0 Å². The van der Waals surface area contributed by atoms with Crippen LogP contribution >= 0.6 is 0 Å². The van der Waals surface area contributed by atoms with Gasteiger partial charge in [-0.1, -0.05) is 0 Å². The van der Waals surface area contributed by atoms with Crippen molar-refractivity contribution in [1.29, 1.82) is 0 Å². The van der Waals surface area contributed by atoms with Gasteiger partial charge in [-0.15, -0.1) is 0 Å². The summed E-state index contributed by atoms with van der Waals surface area (Å²) >= 11 is 0. The van der Waals surface area contributed by atoms with Crippen molar-refractivity contribution in [2.45, 2.75) is 39.5 Å². The quantitative estimate of drug-likeness (QED) is 0.887. The molecule has 25 heavy (non-hydrogen) atoms. The molecule has 2 aliphatic heterocycles. The number of nitrogens with zero attached hydrogens (tertiary/aromatic N) is 3. The molecule has 0 bridgehead atoms. The Balaban J connectivity index is 1.45. The summed E-state index contributed by atoms with van der Waals surface area (Å²) in [5.41, 5.74) is 1.92. The van der Waals surface area contributed by atoms with Gasteiger partial charge in [0.2, 0.25) is 17.7 Å². The molecule has 0 radical (unpaired) electrons. The van der Waals surface area contributed by atoms with Crippen molar-refractivity contribution in [2.24, 2.45) is 11.8 Å². The molecule has 2 fully saturated rings. The van der Waals surface area contributed by atoms with Gasteiger partial charge in [0, 0.05) is 37.3 Å². The molecule has 7 heteroatoms. The standard InChI is InChI=1S/C18H26N4O3/c1-12-13(2)20-11-21-17(12)25-10-14-5-7-22(8-6-14)18(24)15-3-4-16(23)19-9-15/h11,14-15H,3-10H2,1-2H3,(H,19,23). The number of carbonyl (C=O) groups excluding carboxylic acids is 2. The van der Waals surface area contributed by atoms with E-state index in [1.165, 1.54) is 6.33 Å². The maximum absolute atomic E-state index is 12.6. The first-order valence-electron chi connectivity index (χ1n) is 9.01. The Bertz CT molecular complexity index is 631. The number of aromatic nitrogens is 2. The van der Waals surface area contributed by atoms with Crippen LogP contribution in [0.25, 0.3) is 0 Å². The number of nitrogens with one attached hydrogen (secondary N) is 1. The Morgan fingerprint density at radius 2 is 2.04 bits per heavy atom. The minimum absolute atomic E-state index is 0.0511. The van der Waals surface area contributed by atoms with E-state index in [4.69, 9.17) is 4.74 Å². The highest BCUT2D eigenvalue weighted by Crippen LogP contribution is 2.23. The highest BCUT2D eigenvalue weighted by Gasteiger charge is 2.31. The molecule has 1 N–H and O–H groups in total. The summed E-state index contributed by atoms with van der Waals surface area (Å²) in [6.45, 7) is 6.54. The second-order valence-corrected chi connectivity index (χ2v) is 7.01. The maximum Gasteiger partial charge on any atom is 0.227 e. The van der Waals surface area contributed by atoms with Gasteiger partial charge in [-0.05, 0) is 39.0 Å². The lowest BCUT2D eigenvalue weighted by Crippen LogP contribution is -2.47. The molecule has 3 heterocycles. The van der Waals surface area contributed by atoms with Gasteiger partial charge in [0.05, 0.1) is 12.5 Å². The van der Waals surface area contributed by atoms with Crippen molar-refractivity contribution >= 4 is 11.8 Å². The topological polar surface area (TPSA) is 84.4 Å². The molecule has 7 nitrogen and oxygen atoms in total. The lowest BCUT2D eigenvalue weighted by atomic mass is 9.93. The summed E-state index contributed by atoms with van der Waals surface area (Å²) in [6, 6.07) is 0. The van der Waals surface area contributed by atoms with Crippen molar-refractivity contribution in [2.75, 3.05) is 26.2 Å². The summed E-state index contributed by atoms with van der Waals surface area (Å²) in [6.07, 6.45) is 4.53. The molecule has 0 spiro atoms. The van der Waals surface area contributed by atoms with E-state index in [0.29, 0.717) is 37.8 Å². The fourth-order valence-electron chi connectivity index (χ4n) is 3.38. The Labute approximate surface area is 148 Å². The number of ether oxygens (including phenoxy) is 1. The third-order valence-corrected chi connectivity index (χ3v) is 5.29. The van der Waals surface area contributed by atoms with Gasteiger partial charge < -0.3 is 15.0 Å². The van der Waals surface area contributed by atoms with Gasteiger partial charge in [0.25, 0.3) is 0 Å². The highest BCUT2D eigenvalue weighted by atomic mass is 16.5. The summed E-state index contributed by atoms with van der Waals surface area (Å²) in [4.78, 5) is 34.1. The van der Waals surface area contributed by atoms with Crippen LogP contribution in [0.3, 0.4) is 0 Å². The van der Waals surface area contributed by atoms with Gasteiger partial charge in [-0.2, -0.15) is 0 Å². The van der Waals surface area contributed by atoms with Crippen LogP contribution in [-0.2, 0) is 9.59 Å². The van der Waals surface area contributed by atoms with Gasteiger partial charge in [-0.3, -0.25) is 9.59 Å². The number of amides is 2. The van der Waals surface area contributed by atoms with Crippen LogP contribution in [0.5, 0.6) is 5.88 Å². The first-order chi connectivity index (χ1) is 12.0. The number of carbonyl (C=O) groups is 2. The SMILES string of the molecule is Cc1ncnc(OCC2CCN(C(=O)C3CCC(=O)NC3)CC2)c1C. The largest absolute Gasteiger partial charge is 0.477 e. The second-order valence-electron chi connectivity index (χ2n) is 7.01. The highest BCUT2D eigenvalue weighted by molar-refractivity contribution is 5.83. The zero-order valence-corrected chi connectivity index (χ0v) is 15.0. The third kappa shape index (κ3) is 4.27. The minimum atomic E-state index is -0.0582. The molecule has 1 aromatic rings. The fourth-order valence-corrected chi connectivity index (χ4v) is 3.38. The van der Waals surface area contributed by atoms with Crippen molar-refractivity contribution in [3.8, 4) is 5.88 Å². The number of hydrogen-bond donors (Lipinski definition) is 1. The lowest BCUT2D eigenvalue weighted by Gasteiger charge is -2.35. The average Bonchev–Trinajstić information content (AvgIpc) is 2.63. The molecule has 1 unspecified atom stereocenters. The molecule has 0 saturated carbocycles. The third-order valence-electron chi connectivity index (χ3n) is 5.29. The van der Waals surface area contributed by atoms with Crippen LogP contribution < -0.4 is 10.1 Å². The maximum atomic E-state index is 12.6. The van der Waals surface area contributed by atoms with Crippen LogP contribution in [0.15, 0.2) is 6.33 Å². The summed E-state index contributed by atoms with van der Waals surface area (Å²) in [5.74, 6) is 1.27. The average molecular weight is 346 g/mol. The number of rotatable bonds is 4. The van der Waals surface area contributed by atoms with E-state index >= 15 is 0 Å². The van der Waals surface area contributed by atoms with Crippen LogP contribution in [0.1, 0.15) is 36.9 Å². The van der Waals surface area contributed by atoms with Gasteiger partial charge in [-0.25, -0.2) is 9.97 Å². The van der Waals surface area contributed by atoms with Crippen molar-refractivity contribution in [3.05, 3.63) is 17.6 Å². The van der Waals surface area contributed by atoms with E-state index in [1.807, 2.05) is 18.7 Å². The summed E-state index contributed by atoms with van der Waals surface area (Å²) < 4.78 is 5.88. The Morgan fingerprint density at radius 1 is 1.28 bits per heavy atom. The predicted octanol–water partition coefficient (Wildman–Crippen LogP) is 1.24. The van der Waals surface area contributed by atoms with E-state index < -0.39 is 0 Å². The Morgan fingerprint density at radius 3 is 2.72 bits per heavy atom. The predicted molar refractivity (Wildman–Crippen MR) is 92.0 cm³/mol. The van der Waals surface area contributed by atoms with Crippen molar-refractivity contribution in [1.82, 2.24) is 20.2 Å². The molecule has 1 atom stereocenters. The molecular formula is C18H26N4O3. The molecule has 0 aliphatic carbocycles. The van der Waals surface area contributed by atoms with E-state index in [9.17, 15) is 9.59 Å². The smallest absolute Gasteiger partial charge is 0.227 e. The Hall–Kier alpha value is -2.18. The second kappa shape index (κ2) is 7.80. The number of aryl methyl sites for hydroxylation is 1. The zero-order valence-electron chi connectivity index (χ0n) is 15.0. The number of likely N-dealkylation sites (tertiary alicyclic amines) is 1. The summed E-state index contributed by atoms with van der Waals surface area (Å²) in [7, 11) is 0. The summed E-state index contributed by atoms with van der Waals surface area (Å²) in [5, 5.41) is 2.79. The van der Waals surface area contributed by atoms with E-state index in [2.05, 4.69) is 15.3 Å². The Kier molecular flexibility index (Phi) is 5.50. The zero-order chi connectivity index (χ0) is 17.8. The van der Waals surface area contributed by atoms with Crippen LogP contribution in [0, 0.1) is 25.7 Å². The van der Waals surface area contributed by atoms with Crippen molar-refractivity contribution in [3.63, 3.8) is 0 Å². The van der Waals surface area contributed by atoms with E-state index in [1.54, 1.807) is 0 Å². The first-order valence-corrected chi connectivity index (χ1v) is 9.01. The first kappa shape index (κ1) is 17.6. The minimum Gasteiger partial charge on any atom is -0.477 e. The van der Waals surface area contributed by atoms with E-state index in [-0.39, 0.29) is 17.7 Å². The molecule has 0 aromatic carbocycles. The van der Waals surface area contributed by atoms with E-state index in [0.717, 1.165) is 37.2 Å². The van der Waals surface area contributed by atoms with Crippen LogP contribution in [0.2, 0.25) is 0 Å². The van der Waals surface area contributed by atoms with Crippen LogP contribution in [-0.4, -0.2) is 52.9 Å². The number of piperidine rings is 2. The fraction of sp³-hybridized carbons (Fsp3) is 0.667. The monoisotopic (exact) mass is 346 g/mol.